The Morgan fingerprint density at radius 1 is 1.38 bits per heavy atom. The van der Waals surface area contributed by atoms with Gasteiger partial charge in [-0.1, -0.05) is 19.1 Å². The van der Waals surface area contributed by atoms with Crippen LogP contribution in [0.1, 0.15) is 25.3 Å². The van der Waals surface area contributed by atoms with Crippen molar-refractivity contribution >= 4 is 16.0 Å². The molecule has 1 unspecified atom stereocenters. The Balaban J connectivity index is 1.76. The number of hydrogen-bond acceptors (Lipinski definition) is 4. The molecule has 134 valence electrons. The highest BCUT2D eigenvalue weighted by atomic mass is 32.2. The van der Waals surface area contributed by atoms with Crippen LogP contribution in [0.4, 0.5) is 0 Å². The van der Waals surface area contributed by atoms with Crippen LogP contribution in [0.3, 0.4) is 0 Å². The average molecular weight is 353 g/mol. The first-order valence-electron chi connectivity index (χ1n) is 8.29. The van der Waals surface area contributed by atoms with E-state index in [4.69, 9.17) is 10.9 Å². The molecule has 5 N–H and O–H groups in total. The Bertz CT molecular complexity index is 658. The quantitative estimate of drug-likeness (QED) is 0.481. The molecule has 0 amide bonds. The molecule has 1 saturated heterocycles. The number of nitrogens with one attached hydrogen (secondary N) is 1. The molecule has 0 aliphatic carbocycles. The van der Waals surface area contributed by atoms with E-state index in [1.807, 2.05) is 0 Å². The van der Waals surface area contributed by atoms with Gasteiger partial charge >= 0.3 is 0 Å². The minimum atomic E-state index is -3.63. The summed E-state index contributed by atoms with van der Waals surface area (Å²) in [5.74, 6) is 0.458. The number of guanidine groups is 1. The fourth-order valence-corrected chi connectivity index (χ4v) is 3.47. The van der Waals surface area contributed by atoms with E-state index in [0.717, 1.165) is 31.6 Å². The minimum Gasteiger partial charge on any atom is -0.370 e. The van der Waals surface area contributed by atoms with Gasteiger partial charge in [0.2, 0.25) is 10.0 Å². The van der Waals surface area contributed by atoms with Crippen molar-refractivity contribution in [3.63, 3.8) is 0 Å². The van der Waals surface area contributed by atoms with E-state index in [2.05, 4.69) is 22.1 Å². The van der Waals surface area contributed by atoms with Crippen molar-refractivity contribution in [2.45, 2.75) is 37.1 Å². The summed E-state index contributed by atoms with van der Waals surface area (Å²) in [4.78, 5) is 6.98. The van der Waals surface area contributed by atoms with Gasteiger partial charge in [-0.15, -0.1) is 0 Å². The summed E-state index contributed by atoms with van der Waals surface area (Å²) in [5, 5.41) is 8.17. The van der Waals surface area contributed by atoms with E-state index in [1.54, 1.807) is 12.1 Å². The molecule has 1 atom stereocenters. The van der Waals surface area contributed by atoms with Crippen LogP contribution >= 0.6 is 0 Å². The maximum atomic E-state index is 11.2. The first kappa shape index (κ1) is 18.7. The molecular formula is C16H27N5O2S. The number of aliphatic imine (C=N–C) groups is 1. The molecular weight excluding hydrogens is 326 g/mol. The first-order valence-corrected chi connectivity index (χ1v) is 9.84. The molecule has 24 heavy (non-hydrogen) atoms. The molecule has 1 fully saturated rings. The van der Waals surface area contributed by atoms with E-state index in [9.17, 15) is 8.42 Å². The molecule has 0 bridgehead atoms. The second kappa shape index (κ2) is 8.46. The largest absolute Gasteiger partial charge is 0.370 e. The third kappa shape index (κ3) is 5.47. The van der Waals surface area contributed by atoms with Crippen LogP contribution in [0.2, 0.25) is 0 Å². The molecule has 0 aromatic heterocycles. The predicted octanol–water partition coefficient (Wildman–Crippen LogP) is 0.265. The van der Waals surface area contributed by atoms with Crippen LogP contribution in [-0.4, -0.2) is 51.5 Å². The van der Waals surface area contributed by atoms with Gasteiger partial charge in [0.25, 0.3) is 0 Å². The zero-order valence-corrected chi connectivity index (χ0v) is 14.9. The highest BCUT2D eigenvalue weighted by molar-refractivity contribution is 7.89. The van der Waals surface area contributed by atoms with Gasteiger partial charge in [-0.05, 0) is 50.0 Å². The van der Waals surface area contributed by atoms with Crippen molar-refractivity contribution in [3.05, 3.63) is 29.8 Å². The first-order chi connectivity index (χ1) is 11.4. The molecule has 0 saturated carbocycles. The second-order valence-corrected chi connectivity index (χ2v) is 7.58. The number of sulfonamides is 1. The van der Waals surface area contributed by atoms with E-state index in [1.165, 1.54) is 25.0 Å². The SMILES string of the molecule is CCN1CCCC1CN=C(N)NCCc1ccc(S(N)(=O)=O)cc1. The standard InChI is InChI=1S/C16H27N5O2S/c1-2-21-11-3-4-14(21)12-20-16(17)19-10-9-13-5-7-15(8-6-13)24(18,22)23/h5-8,14H,2-4,9-12H2,1H3,(H3,17,19,20)(H2,18,22,23). The molecule has 1 aromatic carbocycles. The lowest BCUT2D eigenvalue weighted by Crippen LogP contribution is -2.36. The van der Waals surface area contributed by atoms with Gasteiger partial charge in [0.1, 0.15) is 0 Å². The summed E-state index contributed by atoms with van der Waals surface area (Å²) in [6, 6.07) is 7.04. The van der Waals surface area contributed by atoms with Crippen molar-refractivity contribution in [2.24, 2.45) is 15.9 Å². The Kier molecular flexibility index (Phi) is 6.59. The number of likely N-dealkylation sites (N-methyl/N-ethyl adjacent to an activating group) is 1. The summed E-state index contributed by atoms with van der Waals surface area (Å²) in [6.07, 6.45) is 3.14. The van der Waals surface area contributed by atoms with Gasteiger partial charge < -0.3 is 11.1 Å². The number of likely N-dealkylation sites (tertiary alicyclic amines) is 1. The zero-order chi connectivity index (χ0) is 17.6. The predicted molar refractivity (Wildman–Crippen MR) is 96.3 cm³/mol. The van der Waals surface area contributed by atoms with Gasteiger partial charge in [0, 0.05) is 12.6 Å². The van der Waals surface area contributed by atoms with Crippen molar-refractivity contribution in [3.8, 4) is 0 Å². The summed E-state index contributed by atoms with van der Waals surface area (Å²) in [7, 11) is -3.63. The smallest absolute Gasteiger partial charge is 0.238 e. The Labute approximate surface area is 144 Å². The lowest BCUT2D eigenvalue weighted by molar-refractivity contribution is 0.273. The van der Waals surface area contributed by atoms with E-state index < -0.39 is 10.0 Å². The fraction of sp³-hybridized carbons (Fsp3) is 0.562. The highest BCUT2D eigenvalue weighted by Crippen LogP contribution is 2.16. The Morgan fingerprint density at radius 3 is 2.71 bits per heavy atom. The van der Waals surface area contributed by atoms with Gasteiger partial charge in [-0.25, -0.2) is 13.6 Å². The van der Waals surface area contributed by atoms with Crippen LogP contribution in [-0.2, 0) is 16.4 Å². The second-order valence-electron chi connectivity index (χ2n) is 6.02. The number of hydrogen-bond donors (Lipinski definition) is 3. The van der Waals surface area contributed by atoms with Crippen LogP contribution in [0.5, 0.6) is 0 Å². The number of nitrogens with two attached hydrogens (primary N) is 2. The van der Waals surface area contributed by atoms with Gasteiger partial charge in [0.05, 0.1) is 11.4 Å². The van der Waals surface area contributed by atoms with E-state index in [-0.39, 0.29) is 4.90 Å². The topological polar surface area (TPSA) is 114 Å². The molecule has 1 aliphatic rings. The normalized spacial score (nSPS) is 19.6. The van der Waals surface area contributed by atoms with Crippen molar-refractivity contribution in [1.82, 2.24) is 10.2 Å². The summed E-state index contributed by atoms with van der Waals surface area (Å²) < 4.78 is 22.4. The van der Waals surface area contributed by atoms with Crippen molar-refractivity contribution in [1.29, 1.82) is 0 Å². The summed E-state index contributed by atoms with van der Waals surface area (Å²) in [6.45, 7) is 5.76. The van der Waals surface area contributed by atoms with E-state index >= 15 is 0 Å². The Hall–Kier alpha value is -1.64. The fourth-order valence-electron chi connectivity index (χ4n) is 2.96. The molecule has 8 heteroatoms. The maximum absolute atomic E-state index is 11.2. The van der Waals surface area contributed by atoms with Crippen LogP contribution in [0, 0.1) is 0 Å². The summed E-state index contributed by atoms with van der Waals surface area (Å²) in [5.41, 5.74) is 6.92. The molecule has 0 spiro atoms. The van der Waals surface area contributed by atoms with Crippen LogP contribution in [0.15, 0.2) is 34.2 Å². The van der Waals surface area contributed by atoms with Gasteiger partial charge in [0.15, 0.2) is 5.96 Å². The summed E-state index contributed by atoms with van der Waals surface area (Å²) >= 11 is 0. The number of primary sulfonamides is 1. The Morgan fingerprint density at radius 2 is 2.08 bits per heavy atom. The highest BCUT2D eigenvalue weighted by Gasteiger charge is 2.22. The van der Waals surface area contributed by atoms with E-state index in [0.29, 0.717) is 18.5 Å². The third-order valence-corrected chi connectivity index (χ3v) is 5.28. The molecule has 1 aromatic rings. The van der Waals surface area contributed by atoms with Crippen molar-refractivity contribution in [2.75, 3.05) is 26.2 Å². The maximum Gasteiger partial charge on any atom is 0.238 e. The molecule has 1 heterocycles. The number of rotatable bonds is 7. The van der Waals surface area contributed by atoms with Gasteiger partial charge in [-0.2, -0.15) is 0 Å². The third-order valence-electron chi connectivity index (χ3n) is 4.35. The van der Waals surface area contributed by atoms with Crippen molar-refractivity contribution < 1.29 is 8.42 Å². The zero-order valence-electron chi connectivity index (χ0n) is 14.1. The monoisotopic (exact) mass is 353 g/mol. The lowest BCUT2D eigenvalue weighted by Gasteiger charge is -2.20. The molecule has 1 aliphatic heterocycles. The average Bonchev–Trinajstić information content (AvgIpc) is 3.00. The van der Waals surface area contributed by atoms with Crippen LogP contribution < -0.4 is 16.2 Å². The number of benzene rings is 1. The number of nitrogens with zero attached hydrogens (tertiary/aromatic N) is 2. The van der Waals surface area contributed by atoms with Gasteiger partial charge in [-0.3, -0.25) is 9.89 Å². The molecule has 2 rings (SSSR count). The lowest BCUT2D eigenvalue weighted by atomic mass is 10.1. The van der Waals surface area contributed by atoms with Crippen LogP contribution in [0.25, 0.3) is 0 Å². The molecule has 7 nitrogen and oxygen atoms in total. The minimum absolute atomic E-state index is 0.123. The molecule has 0 radical (unpaired) electrons.